The van der Waals surface area contributed by atoms with E-state index in [-0.39, 0.29) is 17.2 Å². The quantitative estimate of drug-likeness (QED) is 0.769. The minimum atomic E-state index is -0.791. The van der Waals surface area contributed by atoms with E-state index in [2.05, 4.69) is 5.32 Å². The second-order valence-corrected chi connectivity index (χ2v) is 5.95. The summed E-state index contributed by atoms with van der Waals surface area (Å²) in [6.07, 6.45) is -0.791. The second-order valence-electron chi connectivity index (χ2n) is 5.95. The van der Waals surface area contributed by atoms with E-state index in [0.717, 1.165) is 11.3 Å². The zero-order chi connectivity index (χ0) is 18.7. The van der Waals surface area contributed by atoms with Gasteiger partial charge in [0, 0.05) is 14.2 Å². The van der Waals surface area contributed by atoms with Gasteiger partial charge in [-0.15, -0.1) is 0 Å². The van der Waals surface area contributed by atoms with E-state index < -0.39 is 6.10 Å². The lowest BCUT2D eigenvalue weighted by molar-refractivity contribution is -0.126. The fraction of sp³-hybridized carbons (Fsp3) is 0.200. The van der Waals surface area contributed by atoms with Crippen molar-refractivity contribution in [2.45, 2.75) is 13.0 Å². The molecule has 1 aromatic heterocycles. The number of hydrogen-bond acceptors (Lipinski definition) is 3. The van der Waals surface area contributed by atoms with Crippen molar-refractivity contribution in [2.24, 2.45) is 7.05 Å². The Morgan fingerprint density at radius 3 is 2.19 bits per heavy atom. The number of ether oxygens (including phenoxy) is 1. The van der Waals surface area contributed by atoms with Crippen molar-refractivity contribution in [3.05, 3.63) is 82.3 Å². The number of para-hydroxylation sites is 1. The van der Waals surface area contributed by atoms with Crippen molar-refractivity contribution in [1.82, 2.24) is 9.36 Å². The second kappa shape index (κ2) is 7.41. The average molecular weight is 351 g/mol. The minimum absolute atomic E-state index is 0.249. The van der Waals surface area contributed by atoms with E-state index in [0.29, 0.717) is 5.69 Å². The van der Waals surface area contributed by atoms with Gasteiger partial charge < -0.3 is 10.1 Å². The van der Waals surface area contributed by atoms with Gasteiger partial charge in [0.1, 0.15) is 5.69 Å². The third-order valence-electron chi connectivity index (χ3n) is 4.38. The van der Waals surface area contributed by atoms with Gasteiger partial charge in [0.2, 0.25) is 0 Å². The Hall–Kier alpha value is -3.12. The van der Waals surface area contributed by atoms with Gasteiger partial charge in [-0.3, -0.25) is 14.3 Å². The Bertz CT molecular complexity index is 959. The number of carbonyl (C=O) groups is 1. The summed E-state index contributed by atoms with van der Waals surface area (Å²) in [5.74, 6) is -0.385. The summed E-state index contributed by atoms with van der Waals surface area (Å²) < 4.78 is 8.59. The molecule has 1 atom stereocenters. The van der Waals surface area contributed by atoms with E-state index in [1.165, 1.54) is 11.8 Å². The summed E-state index contributed by atoms with van der Waals surface area (Å²) in [5, 5.41) is 2.74. The number of amides is 1. The van der Waals surface area contributed by atoms with Crippen LogP contribution in [-0.4, -0.2) is 22.4 Å². The van der Waals surface area contributed by atoms with Crippen molar-refractivity contribution >= 4 is 11.6 Å². The Morgan fingerprint density at radius 2 is 1.62 bits per heavy atom. The highest BCUT2D eigenvalue weighted by molar-refractivity contribution is 5.95. The van der Waals surface area contributed by atoms with Crippen molar-refractivity contribution < 1.29 is 9.53 Å². The number of benzene rings is 2. The third-order valence-corrected chi connectivity index (χ3v) is 4.38. The number of aromatic nitrogens is 2. The summed E-state index contributed by atoms with van der Waals surface area (Å²) in [5.41, 5.74) is 2.08. The predicted molar refractivity (Wildman–Crippen MR) is 101 cm³/mol. The molecule has 0 aliphatic carbocycles. The molecule has 0 spiro atoms. The topological polar surface area (TPSA) is 65.3 Å². The molecule has 3 rings (SSSR count). The average Bonchev–Trinajstić information content (AvgIpc) is 2.87. The van der Waals surface area contributed by atoms with Crippen LogP contribution in [0.5, 0.6) is 0 Å². The number of nitrogens with one attached hydrogen (secondary N) is 1. The zero-order valence-electron chi connectivity index (χ0n) is 15.0. The van der Waals surface area contributed by atoms with Gasteiger partial charge in [0.25, 0.3) is 11.5 Å². The lowest BCUT2D eigenvalue weighted by Gasteiger charge is -2.15. The maximum absolute atomic E-state index is 12.9. The van der Waals surface area contributed by atoms with Crippen LogP contribution in [-0.2, 0) is 16.6 Å². The molecule has 26 heavy (non-hydrogen) atoms. The molecule has 1 heterocycles. The molecular formula is C20H21N3O3. The monoisotopic (exact) mass is 351 g/mol. The van der Waals surface area contributed by atoms with Crippen molar-refractivity contribution in [3.8, 4) is 5.69 Å². The first-order valence-corrected chi connectivity index (χ1v) is 8.27. The van der Waals surface area contributed by atoms with Gasteiger partial charge in [0.05, 0.1) is 11.4 Å². The van der Waals surface area contributed by atoms with Crippen molar-refractivity contribution in [2.75, 3.05) is 12.4 Å². The van der Waals surface area contributed by atoms with Gasteiger partial charge in [-0.05, 0) is 24.6 Å². The fourth-order valence-corrected chi connectivity index (χ4v) is 2.92. The molecule has 3 aromatic rings. The fourth-order valence-electron chi connectivity index (χ4n) is 2.92. The minimum Gasteiger partial charge on any atom is -0.367 e. The van der Waals surface area contributed by atoms with Crippen LogP contribution in [0, 0.1) is 6.92 Å². The van der Waals surface area contributed by atoms with Gasteiger partial charge in [-0.2, -0.15) is 0 Å². The standard InChI is InChI=1S/C20H21N3O3/c1-14-17(20(25)23(22(14)2)16-12-8-5-9-13-16)21-19(24)18(26-3)15-10-6-4-7-11-15/h4-13,18H,1-3H3,(H,21,24)/t18-/m0/s1. The number of rotatable bonds is 5. The maximum Gasteiger partial charge on any atom is 0.295 e. The summed E-state index contributed by atoms with van der Waals surface area (Å²) in [6, 6.07) is 18.5. The zero-order valence-corrected chi connectivity index (χ0v) is 15.0. The molecule has 2 aromatic carbocycles. The van der Waals surface area contributed by atoms with Gasteiger partial charge >= 0.3 is 0 Å². The number of nitrogens with zero attached hydrogens (tertiary/aromatic N) is 2. The highest BCUT2D eigenvalue weighted by atomic mass is 16.5. The van der Waals surface area contributed by atoms with Crippen LogP contribution in [0.4, 0.5) is 5.69 Å². The van der Waals surface area contributed by atoms with E-state index >= 15 is 0 Å². The van der Waals surface area contributed by atoms with E-state index in [1.807, 2.05) is 60.7 Å². The largest absolute Gasteiger partial charge is 0.367 e. The van der Waals surface area contributed by atoms with E-state index in [1.54, 1.807) is 18.7 Å². The number of methoxy groups -OCH3 is 1. The first-order valence-electron chi connectivity index (χ1n) is 8.27. The van der Waals surface area contributed by atoms with Crippen LogP contribution < -0.4 is 10.9 Å². The lowest BCUT2D eigenvalue weighted by atomic mass is 10.1. The molecule has 1 amide bonds. The van der Waals surface area contributed by atoms with Gasteiger partial charge in [-0.25, -0.2) is 4.68 Å². The molecule has 0 fully saturated rings. The molecule has 6 heteroatoms. The van der Waals surface area contributed by atoms with Gasteiger partial charge in [-0.1, -0.05) is 48.5 Å². The van der Waals surface area contributed by atoms with E-state index in [9.17, 15) is 9.59 Å². The van der Waals surface area contributed by atoms with Crippen molar-refractivity contribution in [3.63, 3.8) is 0 Å². The molecule has 0 aliphatic rings. The predicted octanol–water partition coefficient (Wildman–Crippen LogP) is 2.81. The first-order chi connectivity index (χ1) is 12.5. The summed E-state index contributed by atoms with van der Waals surface area (Å²) in [4.78, 5) is 25.6. The summed E-state index contributed by atoms with van der Waals surface area (Å²) >= 11 is 0. The maximum atomic E-state index is 12.9. The SMILES string of the molecule is CO[C@H](C(=O)Nc1c(C)n(C)n(-c2ccccc2)c1=O)c1ccccc1. The Balaban J connectivity index is 1.96. The molecule has 0 saturated heterocycles. The Morgan fingerprint density at radius 1 is 1.04 bits per heavy atom. The summed E-state index contributed by atoms with van der Waals surface area (Å²) in [7, 11) is 3.25. The highest BCUT2D eigenvalue weighted by Gasteiger charge is 2.24. The Labute approximate surface area is 151 Å². The van der Waals surface area contributed by atoms with Crippen LogP contribution in [0.1, 0.15) is 17.4 Å². The van der Waals surface area contributed by atoms with Crippen LogP contribution >= 0.6 is 0 Å². The molecule has 0 unspecified atom stereocenters. The molecule has 134 valence electrons. The molecule has 0 bridgehead atoms. The number of hydrogen-bond donors (Lipinski definition) is 1. The number of anilines is 1. The number of carbonyl (C=O) groups excluding carboxylic acids is 1. The molecular weight excluding hydrogens is 330 g/mol. The van der Waals surface area contributed by atoms with Gasteiger partial charge in [0.15, 0.2) is 6.10 Å². The normalized spacial score (nSPS) is 12.0. The molecule has 6 nitrogen and oxygen atoms in total. The van der Waals surface area contributed by atoms with Crippen LogP contribution in [0.2, 0.25) is 0 Å². The first kappa shape index (κ1) is 17.7. The molecule has 1 N–H and O–H groups in total. The van der Waals surface area contributed by atoms with Crippen LogP contribution in [0.25, 0.3) is 5.69 Å². The van der Waals surface area contributed by atoms with Crippen LogP contribution in [0.3, 0.4) is 0 Å². The molecule has 0 aliphatic heterocycles. The lowest BCUT2D eigenvalue weighted by Crippen LogP contribution is -2.27. The third kappa shape index (κ3) is 3.19. The Kier molecular flexibility index (Phi) is 5.04. The van der Waals surface area contributed by atoms with Crippen molar-refractivity contribution in [1.29, 1.82) is 0 Å². The smallest absolute Gasteiger partial charge is 0.295 e. The van der Waals surface area contributed by atoms with E-state index in [4.69, 9.17) is 4.74 Å². The molecule has 0 saturated carbocycles. The van der Waals surface area contributed by atoms with Crippen LogP contribution in [0.15, 0.2) is 65.5 Å². The highest BCUT2D eigenvalue weighted by Crippen LogP contribution is 2.20. The molecule has 0 radical (unpaired) electrons. The summed E-state index contributed by atoms with van der Waals surface area (Å²) in [6.45, 7) is 1.79.